The van der Waals surface area contributed by atoms with Gasteiger partial charge in [0.2, 0.25) is 0 Å². The largest absolute Gasteiger partial charge is 0.371 e. The zero-order valence-corrected chi connectivity index (χ0v) is 13.4. The summed E-state index contributed by atoms with van der Waals surface area (Å²) < 4.78 is 0. The Kier molecular flexibility index (Phi) is 5.47. The molecule has 20 heavy (non-hydrogen) atoms. The summed E-state index contributed by atoms with van der Waals surface area (Å²) in [5, 5.41) is 3.58. The highest BCUT2D eigenvalue weighted by molar-refractivity contribution is 5.55. The molecule has 1 aliphatic rings. The summed E-state index contributed by atoms with van der Waals surface area (Å²) in [6.45, 7) is 11.5. The molecule has 0 unspecified atom stereocenters. The Morgan fingerprint density at radius 2 is 1.90 bits per heavy atom. The molecule has 0 fully saturated rings. The minimum Gasteiger partial charge on any atom is -0.371 e. The molecule has 0 radical (unpaired) electrons. The van der Waals surface area contributed by atoms with E-state index in [2.05, 4.69) is 55.3 Å². The number of rotatable bonds is 7. The van der Waals surface area contributed by atoms with Gasteiger partial charge in [-0.15, -0.1) is 0 Å². The van der Waals surface area contributed by atoms with Crippen LogP contribution in [0.1, 0.15) is 45.6 Å². The molecule has 0 amide bonds. The molecule has 1 heterocycles. The SMILES string of the molecule is CCNCC(CC)(CC)CN1CCCc2ccccc21. The van der Waals surface area contributed by atoms with Crippen molar-refractivity contribution in [2.24, 2.45) is 5.41 Å². The first-order valence-electron chi connectivity index (χ1n) is 8.28. The topological polar surface area (TPSA) is 15.3 Å². The molecule has 0 bridgehead atoms. The van der Waals surface area contributed by atoms with E-state index < -0.39 is 0 Å². The standard InChI is InChI=1S/C18H30N2/c1-4-18(5-2,14-19-6-3)15-20-13-9-11-16-10-7-8-12-17(16)20/h7-8,10,12,19H,4-6,9,11,13-15H2,1-3H3. The predicted molar refractivity (Wildman–Crippen MR) is 88.5 cm³/mol. The van der Waals surface area contributed by atoms with Gasteiger partial charge in [0.05, 0.1) is 0 Å². The first-order chi connectivity index (χ1) is 9.74. The van der Waals surface area contributed by atoms with Gasteiger partial charge in [0, 0.05) is 25.3 Å². The van der Waals surface area contributed by atoms with E-state index in [1.165, 1.54) is 50.0 Å². The number of hydrogen-bond donors (Lipinski definition) is 1. The van der Waals surface area contributed by atoms with E-state index >= 15 is 0 Å². The Hall–Kier alpha value is -1.02. The molecule has 1 aromatic carbocycles. The van der Waals surface area contributed by atoms with Crippen molar-refractivity contribution in [3.63, 3.8) is 0 Å². The minimum absolute atomic E-state index is 0.403. The Morgan fingerprint density at radius 3 is 2.60 bits per heavy atom. The fourth-order valence-corrected chi connectivity index (χ4v) is 3.35. The summed E-state index contributed by atoms with van der Waals surface area (Å²) in [5.41, 5.74) is 3.41. The van der Waals surface area contributed by atoms with Crippen LogP contribution in [0, 0.1) is 5.41 Å². The highest BCUT2D eigenvalue weighted by Crippen LogP contribution is 2.33. The van der Waals surface area contributed by atoms with E-state index in [4.69, 9.17) is 0 Å². The van der Waals surface area contributed by atoms with Crippen LogP contribution >= 0.6 is 0 Å². The van der Waals surface area contributed by atoms with Gasteiger partial charge in [-0.1, -0.05) is 39.0 Å². The molecule has 112 valence electrons. The van der Waals surface area contributed by atoms with Crippen molar-refractivity contribution in [3.05, 3.63) is 29.8 Å². The highest BCUT2D eigenvalue weighted by atomic mass is 15.1. The van der Waals surface area contributed by atoms with Crippen molar-refractivity contribution in [2.45, 2.75) is 46.5 Å². The van der Waals surface area contributed by atoms with Crippen LogP contribution in [0.25, 0.3) is 0 Å². The van der Waals surface area contributed by atoms with Gasteiger partial charge < -0.3 is 10.2 Å². The number of benzene rings is 1. The number of nitrogens with zero attached hydrogens (tertiary/aromatic N) is 1. The summed E-state index contributed by atoms with van der Waals surface area (Å²) in [4.78, 5) is 2.63. The molecule has 0 atom stereocenters. The van der Waals surface area contributed by atoms with E-state index in [-0.39, 0.29) is 0 Å². The third kappa shape index (κ3) is 3.35. The lowest BCUT2D eigenvalue weighted by Crippen LogP contribution is -2.45. The molecule has 1 N–H and O–H groups in total. The number of hydrogen-bond acceptors (Lipinski definition) is 2. The highest BCUT2D eigenvalue weighted by Gasteiger charge is 2.30. The van der Waals surface area contributed by atoms with Gasteiger partial charge >= 0.3 is 0 Å². The zero-order chi connectivity index (χ0) is 14.4. The van der Waals surface area contributed by atoms with Gasteiger partial charge in [0.1, 0.15) is 0 Å². The molecule has 0 saturated carbocycles. The van der Waals surface area contributed by atoms with Gasteiger partial charge in [-0.2, -0.15) is 0 Å². The van der Waals surface area contributed by atoms with E-state index in [9.17, 15) is 0 Å². The van der Waals surface area contributed by atoms with Gasteiger partial charge in [-0.3, -0.25) is 0 Å². The third-order valence-corrected chi connectivity index (χ3v) is 4.98. The number of fused-ring (bicyclic) bond motifs is 1. The van der Waals surface area contributed by atoms with Crippen molar-refractivity contribution < 1.29 is 0 Å². The van der Waals surface area contributed by atoms with Crippen LogP contribution in [0.5, 0.6) is 0 Å². The minimum atomic E-state index is 0.403. The summed E-state index contributed by atoms with van der Waals surface area (Å²) >= 11 is 0. The Labute approximate surface area is 124 Å². The van der Waals surface area contributed by atoms with Gasteiger partial charge in [0.25, 0.3) is 0 Å². The second-order valence-electron chi connectivity index (χ2n) is 6.14. The van der Waals surface area contributed by atoms with Crippen LogP contribution < -0.4 is 10.2 Å². The molecule has 1 aliphatic heterocycles. The third-order valence-electron chi connectivity index (χ3n) is 4.98. The van der Waals surface area contributed by atoms with E-state index in [0.717, 1.165) is 13.1 Å². The zero-order valence-electron chi connectivity index (χ0n) is 13.4. The normalized spacial score (nSPS) is 15.2. The quantitative estimate of drug-likeness (QED) is 0.812. The molecule has 2 nitrogen and oxygen atoms in total. The molecule has 0 aromatic heterocycles. The lowest BCUT2D eigenvalue weighted by Gasteiger charge is -2.41. The summed E-state index contributed by atoms with van der Waals surface area (Å²) in [5.74, 6) is 0. The molecule has 0 spiro atoms. The van der Waals surface area contributed by atoms with Gasteiger partial charge in [-0.25, -0.2) is 0 Å². The maximum atomic E-state index is 3.58. The Bertz CT molecular complexity index is 410. The maximum Gasteiger partial charge on any atom is 0.0398 e. The Morgan fingerprint density at radius 1 is 1.15 bits per heavy atom. The lowest BCUT2D eigenvalue weighted by molar-refractivity contribution is 0.253. The molecular weight excluding hydrogens is 244 g/mol. The van der Waals surface area contributed by atoms with Crippen LogP contribution in [0.2, 0.25) is 0 Å². The van der Waals surface area contributed by atoms with Crippen molar-refractivity contribution in [3.8, 4) is 0 Å². The second kappa shape index (κ2) is 7.12. The molecular formula is C18H30N2. The van der Waals surface area contributed by atoms with Crippen LogP contribution in [-0.2, 0) is 6.42 Å². The van der Waals surface area contributed by atoms with Crippen molar-refractivity contribution >= 4 is 5.69 Å². The van der Waals surface area contributed by atoms with E-state index in [0.29, 0.717) is 5.41 Å². The molecule has 2 rings (SSSR count). The summed E-state index contributed by atoms with van der Waals surface area (Å²) in [6, 6.07) is 8.96. The smallest absolute Gasteiger partial charge is 0.0398 e. The van der Waals surface area contributed by atoms with Crippen molar-refractivity contribution in [1.82, 2.24) is 5.32 Å². The number of nitrogens with one attached hydrogen (secondary N) is 1. The molecule has 1 aromatic rings. The van der Waals surface area contributed by atoms with Gasteiger partial charge in [0.15, 0.2) is 0 Å². The summed E-state index contributed by atoms with van der Waals surface area (Å²) in [7, 11) is 0. The number of para-hydroxylation sites is 1. The van der Waals surface area contributed by atoms with Crippen LogP contribution in [0.15, 0.2) is 24.3 Å². The fraction of sp³-hybridized carbons (Fsp3) is 0.667. The number of aryl methyl sites for hydroxylation is 1. The number of anilines is 1. The van der Waals surface area contributed by atoms with Crippen molar-refractivity contribution in [2.75, 3.05) is 31.1 Å². The van der Waals surface area contributed by atoms with E-state index in [1.807, 2.05) is 0 Å². The predicted octanol–water partition coefficient (Wildman–Crippen LogP) is 3.86. The van der Waals surface area contributed by atoms with Crippen LogP contribution in [0.3, 0.4) is 0 Å². The molecule has 0 saturated heterocycles. The first-order valence-corrected chi connectivity index (χ1v) is 8.28. The summed E-state index contributed by atoms with van der Waals surface area (Å²) in [6.07, 6.45) is 5.02. The average molecular weight is 274 g/mol. The monoisotopic (exact) mass is 274 g/mol. The fourth-order valence-electron chi connectivity index (χ4n) is 3.35. The maximum absolute atomic E-state index is 3.58. The van der Waals surface area contributed by atoms with E-state index in [1.54, 1.807) is 0 Å². The molecule has 0 aliphatic carbocycles. The van der Waals surface area contributed by atoms with Crippen molar-refractivity contribution in [1.29, 1.82) is 0 Å². The Balaban J connectivity index is 2.15. The van der Waals surface area contributed by atoms with Crippen LogP contribution in [-0.4, -0.2) is 26.2 Å². The van der Waals surface area contributed by atoms with Crippen LogP contribution in [0.4, 0.5) is 5.69 Å². The first kappa shape index (κ1) is 15.4. The lowest BCUT2D eigenvalue weighted by atomic mass is 9.81. The average Bonchev–Trinajstić information content (AvgIpc) is 2.52. The molecule has 2 heteroatoms. The van der Waals surface area contributed by atoms with Gasteiger partial charge in [-0.05, 0) is 49.3 Å². The second-order valence-corrected chi connectivity index (χ2v) is 6.14.